The van der Waals surface area contributed by atoms with Gasteiger partial charge < -0.3 is 0 Å². The molecule has 1 radical (unpaired) electrons. The van der Waals surface area contributed by atoms with E-state index in [4.69, 9.17) is 0 Å². The Hall–Kier alpha value is -1.16. The smallest absolute Gasteiger partial charge is 0.258 e. The number of para-hydroxylation sites is 1. The van der Waals surface area contributed by atoms with Crippen molar-refractivity contribution in [2.45, 2.75) is 0 Å². The third kappa shape index (κ3) is 1.22. The Labute approximate surface area is 61.3 Å². The maximum atomic E-state index is 10.2. The minimum Gasteiger partial charge on any atom is -0.258 e. The zero-order chi connectivity index (χ0) is 7.56. The van der Waals surface area contributed by atoms with Crippen molar-refractivity contribution in [1.29, 1.82) is 0 Å². The Morgan fingerprint density at radius 1 is 1.40 bits per heavy atom. The summed E-state index contributed by atoms with van der Waals surface area (Å²) in [6.07, 6.45) is 0. The first-order valence-electron chi connectivity index (χ1n) is 2.77. The van der Waals surface area contributed by atoms with Crippen LogP contribution in [0.1, 0.15) is 0 Å². The second-order valence-corrected chi connectivity index (χ2v) is 2.65. The van der Waals surface area contributed by atoms with E-state index in [0.29, 0.717) is 0 Å². The maximum absolute atomic E-state index is 10.2. The van der Waals surface area contributed by atoms with Crippen molar-refractivity contribution in [3.05, 3.63) is 34.4 Å². The Balaban J connectivity index is 3.15. The molecule has 0 aliphatic rings. The first-order chi connectivity index (χ1) is 4.72. The van der Waals surface area contributed by atoms with Gasteiger partial charge in [-0.15, -0.1) is 0 Å². The van der Waals surface area contributed by atoms with Gasteiger partial charge in [0.15, 0.2) is 0 Å². The average molecular weight is 152 g/mol. The van der Waals surface area contributed by atoms with Crippen molar-refractivity contribution in [2.24, 2.45) is 0 Å². The van der Waals surface area contributed by atoms with E-state index in [1.54, 1.807) is 18.2 Å². The lowest BCUT2D eigenvalue weighted by atomic mass is 10.3. The van der Waals surface area contributed by atoms with Gasteiger partial charge in [-0.3, -0.25) is 10.1 Å². The van der Waals surface area contributed by atoms with E-state index >= 15 is 0 Å². The van der Waals surface area contributed by atoms with Gasteiger partial charge in [0.2, 0.25) is 0 Å². The van der Waals surface area contributed by atoms with Crippen molar-refractivity contribution in [1.82, 2.24) is 0 Å². The van der Waals surface area contributed by atoms with E-state index in [-0.39, 0.29) is 10.6 Å². The molecule has 4 heteroatoms. The molecule has 0 aromatic heterocycles. The standard InChI is InChI=1S/C6H6NO2Si/c8-7(9)5-3-1-2-4-6(5)10/h1-4H,10H2. The van der Waals surface area contributed by atoms with Gasteiger partial charge in [-0.1, -0.05) is 18.2 Å². The Morgan fingerprint density at radius 3 is 2.40 bits per heavy atom. The van der Waals surface area contributed by atoms with E-state index in [2.05, 4.69) is 0 Å². The van der Waals surface area contributed by atoms with Crippen molar-refractivity contribution in [2.75, 3.05) is 0 Å². The zero-order valence-electron chi connectivity index (χ0n) is 5.28. The summed E-state index contributed by atoms with van der Waals surface area (Å²) >= 11 is 0. The molecule has 0 fully saturated rings. The molecule has 0 N–H and O–H groups in total. The number of rotatable bonds is 1. The highest BCUT2D eigenvalue weighted by molar-refractivity contribution is 6.34. The predicted molar refractivity (Wildman–Crippen MR) is 41.3 cm³/mol. The quantitative estimate of drug-likeness (QED) is 0.319. The molecule has 1 aromatic carbocycles. The van der Waals surface area contributed by atoms with Gasteiger partial charge in [0, 0.05) is 11.3 Å². The fourth-order valence-corrected chi connectivity index (χ4v) is 1.07. The van der Waals surface area contributed by atoms with Crippen LogP contribution in [-0.4, -0.2) is 15.2 Å². The number of hydrogen-bond acceptors (Lipinski definition) is 2. The largest absolute Gasteiger partial charge is 0.267 e. The fourth-order valence-electron chi connectivity index (χ4n) is 0.689. The second kappa shape index (κ2) is 2.61. The SMILES string of the molecule is O=[N+]([O-])c1ccccc1[SiH2]. The van der Waals surface area contributed by atoms with Crippen LogP contribution in [0.2, 0.25) is 0 Å². The van der Waals surface area contributed by atoms with Crippen molar-refractivity contribution < 1.29 is 4.92 Å². The molecule has 10 heavy (non-hydrogen) atoms. The Kier molecular flexibility index (Phi) is 1.82. The molecule has 0 heterocycles. The summed E-state index contributed by atoms with van der Waals surface area (Å²) in [6.45, 7) is 0. The van der Waals surface area contributed by atoms with Crippen molar-refractivity contribution in [3.8, 4) is 0 Å². The van der Waals surface area contributed by atoms with Gasteiger partial charge >= 0.3 is 0 Å². The van der Waals surface area contributed by atoms with Crippen LogP contribution in [0.5, 0.6) is 0 Å². The number of hydrogen-bond donors (Lipinski definition) is 0. The number of benzene rings is 1. The minimum atomic E-state index is -0.373. The lowest BCUT2D eigenvalue weighted by Gasteiger charge is -1.92. The molecule has 3 nitrogen and oxygen atoms in total. The first-order valence-corrected chi connectivity index (χ1v) is 3.48. The lowest BCUT2D eigenvalue weighted by molar-refractivity contribution is -0.383. The third-order valence-electron chi connectivity index (χ3n) is 1.19. The molecular weight excluding hydrogens is 146 g/mol. The molecule has 0 spiro atoms. The van der Waals surface area contributed by atoms with Crippen LogP contribution in [0.25, 0.3) is 0 Å². The zero-order valence-corrected chi connectivity index (χ0v) is 6.69. The average Bonchev–Trinajstić information content (AvgIpc) is 1.88. The second-order valence-electron chi connectivity index (χ2n) is 1.89. The summed E-state index contributed by atoms with van der Waals surface area (Å²) in [7, 11) is 1.52. The summed E-state index contributed by atoms with van der Waals surface area (Å²) in [6, 6.07) is 6.68. The van der Waals surface area contributed by atoms with E-state index in [9.17, 15) is 10.1 Å². The number of nitrogens with zero attached hydrogens (tertiary/aromatic N) is 1. The van der Waals surface area contributed by atoms with Crippen LogP contribution in [-0.2, 0) is 0 Å². The molecule has 0 aliphatic carbocycles. The highest BCUT2D eigenvalue weighted by Gasteiger charge is 2.05. The molecule has 0 amide bonds. The van der Waals surface area contributed by atoms with Gasteiger partial charge in [-0.25, -0.2) is 0 Å². The summed E-state index contributed by atoms with van der Waals surface area (Å²) < 4.78 is 0. The van der Waals surface area contributed by atoms with Gasteiger partial charge in [-0.05, 0) is 0 Å². The molecule has 51 valence electrons. The third-order valence-corrected chi connectivity index (χ3v) is 1.79. The van der Waals surface area contributed by atoms with Crippen molar-refractivity contribution in [3.63, 3.8) is 0 Å². The van der Waals surface area contributed by atoms with Crippen LogP contribution >= 0.6 is 0 Å². The predicted octanol–water partition coefficient (Wildman–Crippen LogP) is -0.147. The molecular formula is C6H6NO2Si. The van der Waals surface area contributed by atoms with Gasteiger partial charge in [0.05, 0.1) is 15.2 Å². The highest BCUT2D eigenvalue weighted by Crippen LogP contribution is 2.03. The fraction of sp³-hybridized carbons (Fsp3) is 0. The molecule has 0 aliphatic heterocycles. The summed E-state index contributed by atoms with van der Waals surface area (Å²) in [5.41, 5.74) is 0.195. The minimum absolute atomic E-state index is 0.195. The van der Waals surface area contributed by atoms with E-state index in [0.717, 1.165) is 5.19 Å². The molecule has 0 bridgehead atoms. The molecule has 0 unspecified atom stereocenters. The summed E-state index contributed by atoms with van der Waals surface area (Å²) in [5, 5.41) is 11.0. The van der Waals surface area contributed by atoms with E-state index in [1.807, 2.05) is 0 Å². The molecule has 1 aromatic rings. The Bertz CT molecular complexity index is 262. The molecule has 0 atom stereocenters. The molecule has 1 rings (SSSR count). The number of nitro groups is 1. The monoisotopic (exact) mass is 152 g/mol. The van der Waals surface area contributed by atoms with Crippen molar-refractivity contribution >= 4 is 21.1 Å². The first kappa shape index (κ1) is 6.95. The van der Waals surface area contributed by atoms with Gasteiger partial charge in [-0.2, -0.15) is 0 Å². The van der Waals surface area contributed by atoms with Crippen LogP contribution in [0.3, 0.4) is 0 Å². The van der Waals surface area contributed by atoms with E-state index < -0.39 is 0 Å². The summed E-state index contributed by atoms with van der Waals surface area (Å²) in [5.74, 6) is 0. The maximum Gasteiger partial charge on any atom is 0.267 e. The normalized spacial score (nSPS) is 9.30. The topological polar surface area (TPSA) is 43.1 Å². The summed E-state index contributed by atoms with van der Waals surface area (Å²) in [4.78, 5) is 9.86. The Morgan fingerprint density at radius 2 is 2.00 bits per heavy atom. The van der Waals surface area contributed by atoms with Crippen LogP contribution in [0, 0.1) is 10.1 Å². The van der Waals surface area contributed by atoms with Crippen LogP contribution in [0.4, 0.5) is 5.69 Å². The van der Waals surface area contributed by atoms with Gasteiger partial charge in [0.25, 0.3) is 5.69 Å². The van der Waals surface area contributed by atoms with Crippen LogP contribution < -0.4 is 5.19 Å². The molecule has 0 saturated heterocycles. The van der Waals surface area contributed by atoms with E-state index in [1.165, 1.54) is 16.3 Å². The van der Waals surface area contributed by atoms with Crippen LogP contribution in [0.15, 0.2) is 24.3 Å². The van der Waals surface area contributed by atoms with Gasteiger partial charge in [0.1, 0.15) is 0 Å². The molecule has 0 saturated carbocycles. The lowest BCUT2D eigenvalue weighted by Crippen LogP contribution is -2.07. The highest BCUT2D eigenvalue weighted by atomic mass is 28.1. The number of nitro benzene ring substituents is 1.